The second-order valence-electron chi connectivity index (χ2n) is 5.26. The number of phenols is 1. The molecule has 0 aliphatic carbocycles. The molecule has 0 saturated heterocycles. The Hall–Kier alpha value is -1.78. The maximum Gasteiger partial charge on any atom is 0.122 e. The Kier molecular flexibility index (Phi) is 4.82. The van der Waals surface area contributed by atoms with Crippen LogP contribution in [0.1, 0.15) is 22.9 Å². The first-order valence-corrected chi connectivity index (χ1v) is 6.77. The molecule has 4 nitrogen and oxygen atoms in total. The fraction of sp³-hybridized carbons (Fsp3) is 0.375. The number of aromatic hydroxyl groups is 1. The second-order valence-corrected chi connectivity index (χ2v) is 5.26. The van der Waals surface area contributed by atoms with Gasteiger partial charge in [0.15, 0.2) is 0 Å². The lowest BCUT2D eigenvalue weighted by atomic mass is 10.1. The number of phenolic OH excluding ortho intramolecular Hbond substituents is 1. The van der Waals surface area contributed by atoms with Gasteiger partial charge in [0.25, 0.3) is 0 Å². The molecule has 2 aromatic rings. The molecule has 1 aromatic heterocycles. The summed E-state index contributed by atoms with van der Waals surface area (Å²) in [5.74, 6) is 1.28. The second kappa shape index (κ2) is 6.59. The number of aryl methyl sites for hydroxylation is 1. The molecular weight excluding hydrogens is 252 g/mol. The van der Waals surface area contributed by atoms with Gasteiger partial charge < -0.3 is 14.8 Å². The van der Waals surface area contributed by atoms with Crippen LogP contribution in [-0.4, -0.2) is 30.6 Å². The van der Waals surface area contributed by atoms with Crippen LogP contribution in [0.5, 0.6) is 5.75 Å². The number of nitrogens with zero attached hydrogens (tertiary/aromatic N) is 1. The predicted molar refractivity (Wildman–Crippen MR) is 79.7 cm³/mol. The Morgan fingerprint density at radius 1 is 1.30 bits per heavy atom. The van der Waals surface area contributed by atoms with Gasteiger partial charge in [0.05, 0.1) is 12.3 Å². The van der Waals surface area contributed by atoms with Crippen LogP contribution < -0.4 is 5.32 Å². The van der Waals surface area contributed by atoms with Gasteiger partial charge >= 0.3 is 0 Å². The van der Waals surface area contributed by atoms with Gasteiger partial charge in [-0.15, -0.1) is 0 Å². The fourth-order valence-electron chi connectivity index (χ4n) is 2.22. The summed E-state index contributed by atoms with van der Waals surface area (Å²) in [6.07, 6.45) is 1.69. The van der Waals surface area contributed by atoms with Crippen molar-refractivity contribution >= 4 is 0 Å². The number of furan rings is 1. The van der Waals surface area contributed by atoms with Gasteiger partial charge in [0.2, 0.25) is 0 Å². The smallest absolute Gasteiger partial charge is 0.122 e. The number of hydrogen-bond acceptors (Lipinski definition) is 4. The number of rotatable bonds is 6. The first kappa shape index (κ1) is 14.6. The van der Waals surface area contributed by atoms with Gasteiger partial charge in [0, 0.05) is 18.7 Å². The van der Waals surface area contributed by atoms with Crippen LogP contribution in [0.3, 0.4) is 0 Å². The van der Waals surface area contributed by atoms with Gasteiger partial charge in [-0.1, -0.05) is 17.7 Å². The summed E-state index contributed by atoms with van der Waals surface area (Å²) in [7, 11) is 4.05. The minimum Gasteiger partial charge on any atom is -0.508 e. The van der Waals surface area contributed by atoms with Crippen molar-refractivity contribution in [3.8, 4) is 5.75 Å². The summed E-state index contributed by atoms with van der Waals surface area (Å²) in [6.45, 7) is 3.42. The number of likely N-dealkylation sites (N-methyl/N-ethyl adjacent to an activating group) is 1. The molecule has 1 atom stereocenters. The molecule has 0 radical (unpaired) electrons. The van der Waals surface area contributed by atoms with Crippen molar-refractivity contribution in [1.82, 2.24) is 10.2 Å². The zero-order valence-corrected chi connectivity index (χ0v) is 12.3. The third-order valence-electron chi connectivity index (χ3n) is 3.38. The minimum absolute atomic E-state index is 0.178. The van der Waals surface area contributed by atoms with Gasteiger partial charge in [-0.25, -0.2) is 0 Å². The quantitative estimate of drug-likeness (QED) is 0.850. The van der Waals surface area contributed by atoms with Crippen molar-refractivity contribution in [2.75, 3.05) is 20.6 Å². The number of nitrogens with one attached hydrogen (secondary N) is 1. The molecule has 0 aliphatic rings. The molecule has 0 saturated carbocycles. The van der Waals surface area contributed by atoms with Gasteiger partial charge in [-0.05, 0) is 39.2 Å². The molecule has 1 heterocycles. The Bertz CT molecular complexity index is 535. The van der Waals surface area contributed by atoms with E-state index in [2.05, 4.69) is 10.2 Å². The average molecular weight is 274 g/mol. The zero-order valence-electron chi connectivity index (χ0n) is 12.3. The Morgan fingerprint density at radius 3 is 2.75 bits per heavy atom. The molecule has 0 aliphatic heterocycles. The molecule has 108 valence electrons. The van der Waals surface area contributed by atoms with Crippen LogP contribution in [0.2, 0.25) is 0 Å². The third kappa shape index (κ3) is 3.62. The van der Waals surface area contributed by atoms with Crippen LogP contribution in [0.4, 0.5) is 0 Å². The first-order valence-electron chi connectivity index (χ1n) is 6.77. The van der Waals surface area contributed by atoms with Crippen LogP contribution in [0.15, 0.2) is 41.0 Å². The van der Waals surface area contributed by atoms with E-state index in [0.29, 0.717) is 12.3 Å². The molecular formula is C16H22N2O2. The van der Waals surface area contributed by atoms with E-state index in [1.807, 2.05) is 45.3 Å². The number of benzene rings is 1. The summed E-state index contributed by atoms with van der Waals surface area (Å²) in [4.78, 5) is 2.11. The van der Waals surface area contributed by atoms with E-state index in [0.717, 1.165) is 23.4 Å². The fourth-order valence-corrected chi connectivity index (χ4v) is 2.22. The molecule has 0 fully saturated rings. The summed E-state index contributed by atoms with van der Waals surface area (Å²) < 4.78 is 5.47. The summed E-state index contributed by atoms with van der Waals surface area (Å²) in [5.41, 5.74) is 2.07. The predicted octanol–water partition coefficient (Wildman–Crippen LogP) is 2.69. The van der Waals surface area contributed by atoms with Crippen molar-refractivity contribution in [1.29, 1.82) is 0 Å². The lowest BCUT2D eigenvalue weighted by Crippen LogP contribution is -2.30. The lowest BCUT2D eigenvalue weighted by Gasteiger charge is -2.22. The lowest BCUT2D eigenvalue weighted by molar-refractivity contribution is 0.250. The largest absolute Gasteiger partial charge is 0.508 e. The molecule has 4 heteroatoms. The summed E-state index contributed by atoms with van der Waals surface area (Å²) in [6, 6.07) is 9.71. The standard InChI is InChI=1S/C16H22N2O2/c1-12-6-7-15(19)13(9-12)10-17-11-14(18(2)3)16-5-4-8-20-16/h4-9,14,17,19H,10-11H2,1-3H3. The maximum atomic E-state index is 9.82. The van der Waals surface area contributed by atoms with E-state index >= 15 is 0 Å². The molecule has 0 amide bonds. The van der Waals surface area contributed by atoms with E-state index in [-0.39, 0.29) is 6.04 Å². The zero-order chi connectivity index (χ0) is 14.5. The highest BCUT2D eigenvalue weighted by Crippen LogP contribution is 2.20. The first-order chi connectivity index (χ1) is 9.58. The van der Waals surface area contributed by atoms with E-state index < -0.39 is 0 Å². The highest BCUT2D eigenvalue weighted by molar-refractivity contribution is 5.35. The summed E-state index contributed by atoms with van der Waals surface area (Å²) in [5, 5.41) is 13.2. The SMILES string of the molecule is Cc1ccc(O)c(CNCC(c2ccco2)N(C)C)c1. The Labute approximate surface area is 120 Å². The van der Waals surface area contributed by atoms with Gasteiger partial charge in [-0.3, -0.25) is 4.90 Å². The van der Waals surface area contributed by atoms with E-state index in [4.69, 9.17) is 4.42 Å². The van der Waals surface area contributed by atoms with Crippen LogP contribution >= 0.6 is 0 Å². The molecule has 2 N–H and O–H groups in total. The number of hydrogen-bond donors (Lipinski definition) is 2. The van der Waals surface area contributed by atoms with E-state index in [9.17, 15) is 5.11 Å². The molecule has 20 heavy (non-hydrogen) atoms. The van der Waals surface area contributed by atoms with Crippen LogP contribution in [0, 0.1) is 6.92 Å². The van der Waals surface area contributed by atoms with Gasteiger partial charge in [0.1, 0.15) is 11.5 Å². The highest BCUT2D eigenvalue weighted by Gasteiger charge is 2.16. The third-order valence-corrected chi connectivity index (χ3v) is 3.38. The highest BCUT2D eigenvalue weighted by atomic mass is 16.3. The van der Waals surface area contributed by atoms with E-state index in [1.54, 1.807) is 12.3 Å². The van der Waals surface area contributed by atoms with Crippen LogP contribution in [0.25, 0.3) is 0 Å². The topological polar surface area (TPSA) is 48.6 Å². The molecule has 1 aromatic carbocycles. The summed E-state index contributed by atoms with van der Waals surface area (Å²) >= 11 is 0. The van der Waals surface area contributed by atoms with Crippen molar-refractivity contribution in [2.45, 2.75) is 19.5 Å². The van der Waals surface area contributed by atoms with Gasteiger partial charge in [-0.2, -0.15) is 0 Å². The van der Waals surface area contributed by atoms with Crippen molar-refractivity contribution in [3.63, 3.8) is 0 Å². The molecule has 2 rings (SSSR count). The molecule has 0 spiro atoms. The van der Waals surface area contributed by atoms with Crippen molar-refractivity contribution in [2.24, 2.45) is 0 Å². The molecule has 1 unspecified atom stereocenters. The maximum absolute atomic E-state index is 9.82. The van der Waals surface area contributed by atoms with Crippen LogP contribution in [-0.2, 0) is 6.54 Å². The molecule has 0 bridgehead atoms. The van der Waals surface area contributed by atoms with E-state index in [1.165, 1.54) is 0 Å². The Morgan fingerprint density at radius 2 is 2.10 bits per heavy atom. The monoisotopic (exact) mass is 274 g/mol. The Balaban J connectivity index is 1.95. The normalized spacial score (nSPS) is 12.8. The minimum atomic E-state index is 0.178. The van der Waals surface area contributed by atoms with Crippen molar-refractivity contribution in [3.05, 3.63) is 53.5 Å². The average Bonchev–Trinajstić information content (AvgIpc) is 2.91. The van der Waals surface area contributed by atoms with Crippen molar-refractivity contribution < 1.29 is 9.52 Å².